The molecule has 0 unspecified atom stereocenters. The molecule has 6 heteroatoms. The molecule has 1 heterocycles. The van der Waals surface area contributed by atoms with Crippen molar-refractivity contribution in [3.05, 3.63) is 0 Å². The topological polar surface area (TPSA) is 96.9 Å². The van der Waals surface area contributed by atoms with Gasteiger partial charge in [-0.1, -0.05) is 11.8 Å². The number of quaternary nitrogens is 1. The first kappa shape index (κ1) is 8.35. The summed E-state index contributed by atoms with van der Waals surface area (Å²) >= 11 is 1.05. The summed E-state index contributed by atoms with van der Waals surface area (Å²) in [5.74, 6) is -2.19. The Kier molecular flexibility index (Phi) is 2.35. The summed E-state index contributed by atoms with van der Waals surface area (Å²) in [6, 6.07) is -0.747. The van der Waals surface area contributed by atoms with E-state index in [0.717, 1.165) is 11.8 Å². The molecule has 0 aromatic carbocycles. The summed E-state index contributed by atoms with van der Waals surface area (Å²) in [5.41, 5.74) is 0. The second-order valence-electron chi connectivity index (χ2n) is 2.19. The molecular formula is C5H6NO4S-. The Morgan fingerprint density at radius 3 is 2.27 bits per heavy atom. The van der Waals surface area contributed by atoms with Crippen molar-refractivity contribution in [2.75, 3.05) is 5.75 Å². The fraction of sp³-hybridized carbons (Fsp3) is 0.600. The molecular weight excluding hydrogens is 170 g/mol. The molecule has 0 saturated carbocycles. The van der Waals surface area contributed by atoms with Gasteiger partial charge >= 0.3 is 0 Å². The first-order valence-electron chi connectivity index (χ1n) is 2.99. The second kappa shape index (κ2) is 3.10. The van der Waals surface area contributed by atoms with Crippen molar-refractivity contribution in [2.24, 2.45) is 0 Å². The van der Waals surface area contributed by atoms with E-state index >= 15 is 0 Å². The molecule has 0 amide bonds. The van der Waals surface area contributed by atoms with E-state index < -0.39 is 23.4 Å². The van der Waals surface area contributed by atoms with Crippen molar-refractivity contribution < 1.29 is 25.1 Å². The van der Waals surface area contributed by atoms with Crippen molar-refractivity contribution in [1.82, 2.24) is 0 Å². The molecule has 0 aromatic heterocycles. The Balaban J connectivity index is 2.47. The largest absolute Gasteiger partial charge is 0.544 e. The minimum atomic E-state index is -1.24. The van der Waals surface area contributed by atoms with Gasteiger partial charge in [-0.25, -0.2) is 0 Å². The van der Waals surface area contributed by atoms with Crippen LogP contribution in [-0.4, -0.2) is 29.1 Å². The molecule has 0 spiro atoms. The predicted molar refractivity (Wildman–Crippen MR) is 32.0 cm³/mol. The monoisotopic (exact) mass is 176 g/mol. The maximum absolute atomic E-state index is 10.2. The Labute approximate surface area is 66.8 Å². The molecule has 1 rings (SSSR count). The van der Waals surface area contributed by atoms with Crippen molar-refractivity contribution in [3.8, 4) is 0 Å². The summed E-state index contributed by atoms with van der Waals surface area (Å²) in [6.07, 6.45) is 0. The molecule has 5 nitrogen and oxygen atoms in total. The van der Waals surface area contributed by atoms with Crippen molar-refractivity contribution in [1.29, 1.82) is 0 Å². The lowest BCUT2D eigenvalue weighted by Gasteiger charge is -2.10. The number of carbonyl (C=O) groups excluding carboxylic acids is 2. The van der Waals surface area contributed by atoms with Crippen LogP contribution in [0.4, 0.5) is 0 Å². The van der Waals surface area contributed by atoms with E-state index in [1.165, 1.54) is 5.32 Å². The zero-order chi connectivity index (χ0) is 8.43. The zero-order valence-corrected chi connectivity index (χ0v) is 6.30. The highest BCUT2D eigenvalue weighted by molar-refractivity contribution is 8.00. The average Bonchev–Trinajstić information content (AvgIpc) is 2.33. The molecule has 1 aliphatic rings. The van der Waals surface area contributed by atoms with Crippen molar-refractivity contribution in [3.63, 3.8) is 0 Å². The molecule has 2 N–H and O–H groups in total. The van der Waals surface area contributed by atoms with E-state index in [0.29, 0.717) is 0 Å². The lowest BCUT2D eigenvalue weighted by molar-refractivity contribution is -0.679. The normalized spacial score (nSPS) is 30.2. The number of hydrogen-bond acceptors (Lipinski definition) is 5. The summed E-state index contributed by atoms with van der Waals surface area (Å²) < 4.78 is 0. The Morgan fingerprint density at radius 2 is 2.00 bits per heavy atom. The van der Waals surface area contributed by atoms with Gasteiger partial charge in [0.25, 0.3) is 0 Å². The standard InChI is InChI=1S/C5H7NO4S/c7-4(8)2-1-11-3(6-2)5(9)10/h2-3,6H,1H2,(H,7,8)(H,9,10)/p-1/t2-,3-/m0/s1. The van der Waals surface area contributed by atoms with Crippen LogP contribution in [0.2, 0.25) is 0 Å². The van der Waals surface area contributed by atoms with Crippen molar-refractivity contribution >= 4 is 23.7 Å². The maximum atomic E-state index is 10.2. The van der Waals surface area contributed by atoms with Crippen LogP contribution in [0.3, 0.4) is 0 Å². The molecule has 2 atom stereocenters. The van der Waals surface area contributed by atoms with Gasteiger partial charge < -0.3 is 25.1 Å². The van der Waals surface area contributed by atoms with Gasteiger partial charge in [0, 0.05) is 0 Å². The highest BCUT2D eigenvalue weighted by Crippen LogP contribution is 2.10. The lowest BCUT2D eigenvalue weighted by Crippen LogP contribution is -2.96. The molecule has 1 fully saturated rings. The lowest BCUT2D eigenvalue weighted by atomic mass is 10.3. The van der Waals surface area contributed by atoms with Crippen LogP contribution in [-0.2, 0) is 9.59 Å². The highest BCUT2D eigenvalue weighted by Gasteiger charge is 2.30. The Hall–Kier alpha value is -0.750. The average molecular weight is 176 g/mol. The molecule has 1 saturated heterocycles. The smallest absolute Gasteiger partial charge is 0.174 e. The van der Waals surface area contributed by atoms with Crippen LogP contribution < -0.4 is 15.5 Å². The zero-order valence-electron chi connectivity index (χ0n) is 5.48. The molecule has 0 aromatic rings. The minimum absolute atomic E-state index is 0.265. The molecule has 0 aliphatic carbocycles. The van der Waals surface area contributed by atoms with Gasteiger partial charge in [0.15, 0.2) is 5.37 Å². The summed E-state index contributed by atoms with van der Waals surface area (Å²) in [4.78, 5) is 20.4. The summed E-state index contributed by atoms with van der Waals surface area (Å²) in [7, 11) is 0. The van der Waals surface area contributed by atoms with Gasteiger partial charge in [-0.2, -0.15) is 0 Å². The number of aliphatic carboxylic acids is 2. The van der Waals surface area contributed by atoms with Crippen LogP contribution >= 0.6 is 11.8 Å². The van der Waals surface area contributed by atoms with Crippen LogP contribution in [0.15, 0.2) is 0 Å². The van der Waals surface area contributed by atoms with E-state index in [-0.39, 0.29) is 5.75 Å². The van der Waals surface area contributed by atoms with Gasteiger partial charge in [-0.15, -0.1) is 0 Å². The van der Waals surface area contributed by atoms with E-state index in [9.17, 15) is 19.8 Å². The quantitative estimate of drug-likeness (QED) is 0.457. The van der Waals surface area contributed by atoms with Gasteiger partial charge in [0.05, 0.1) is 5.75 Å². The summed E-state index contributed by atoms with van der Waals surface area (Å²) in [5, 5.41) is 20.8. The van der Waals surface area contributed by atoms with E-state index in [4.69, 9.17) is 0 Å². The molecule has 62 valence electrons. The number of carboxylic acids is 2. The van der Waals surface area contributed by atoms with Crippen LogP contribution in [0, 0.1) is 0 Å². The third-order valence-corrected chi connectivity index (χ3v) is 2.66. The maximum Gasteiger partial charge on any atom is 0.174 e. The number of carbonyl (C=O) groups is 2. The molecule has 0 bridgehead atoms. The number of hydrogen-bond donors (Lipinski definition) is 1. The van der Waals surface area contributed by atoms with Gasteiger partial charge in [-0.3, -0.25) is 0 Å². The molecule has 0 radical (unpaired) electrons. The number of nitrogens with two attached hydrogens (primary N) is 1. The van der Waals surface area contributed by atoms with E-state index in [1.807, 2.05) is 0 Å². The summed E-state index contributed by atoms with van der Waals surface area (Å²) in [6.45, 7) is 0. The first-order chi connectivity index (χ1) is 5.11. The Bertz CT molecular complexity index is 175. The van der Waals surface area contributed by atoms with E-state index in [2.05, 4.69) is 0 Å². The van der Waals surface area contributed by atoms with Gasteiger partial charge in [0.1, 0.15) is 18.0 Å². The van der Waals surface area contributed by atoms with Crippen molar-refractivity contribution in [2.45, 2.75) is 11.4 Å². The fourth-order valence-electron chi connectivity index (χ4n) is 0.823. The van der Waals surface area contributed by atoms with Crippen LogP contribution in [0.25, 0.3) is 0 Å². The predicted octanol–water partition coefficient (Wildman–Crippen LogP) is -4.51. The van der Waals surface area contributed by atoms with Gasteiger partial charge in [-0.05, 0) is 0 Å². The van der Waals surface area contributed by atoms with Crippen LogP contribution in [0.5, 0.6) is 0 Å². The van der Waals surface area contributed by atoms with Crippen LogP contribution in [0.1, 0.15) is 0 Å². The number of carboxylic acid groups (broad SMARTS) is 2. The molecule has 1 aliphatic heterocycles. The highest BCUT2D eigenvalue weighted by atomic mass is 32.2. The molecule has 11 heavy (non-hydrogen) atoms. The number of rotatable bonds is 2. The minimum Gasteiger partial charge on any atom is -0.544 e. The van der Waals surface area contributed by atoms with E-state index in [1.54, 1.807) is 0 Å². The van der Waals surface area contributed by atoms with Gasteiger partial charge in [0.2, 0.25) is 0 Å². The third kappa shape index (κ3) is 1.84. The first-order valence-corrected chi connectivity index (χ1v) is 4.04. The SMILES string of the molecule is O=C([O-])[C@@H]1CS[C@@H](C(=O)[O-])[NH2+]1. The second-order valence-corrected chi connectivity index (χ2v) is 3.37. The fourth-order valence-corrected chi connectivity index (χ4v) is 1.92. The third-order valence-electron chi connectivity index (χ3n) is 1.40. The Morgan fingerprint density at radius 1 is 1.36 bits per heavy atom. The number of thioether (sulfide) groups is 1.